The van der Waals surface area contributed by atoms with Crippen molar-refractivity contribution < 1.29 is 13.6 Å². The van der Waals surface area contributed by atoms with E-state index < -0.39 is 6.04 Å². The fourth-order valence-corrected chi connectivity index (χ4v) is 4.47. The predicted octanol–water partition coefficient (Wildman–Crippen LogP) is 4.01. The Labute approximate surface area is 188 Å². The summed E-state index contributed by atoms with van der Waals surface area (Å²) in [5, 5.41) is 9.16. The molecule has 0 saturated carbocycles. The number of nitrogens with zero attached hydrogens (tertiary/aromatic N) is 5. The molecule has 1 atom stereocenters. The average Bonchev–Trinajstić information content (AvgIpc) is 3.58. The lowest BCUT2D eigenvalue weighted by Crippen LogP contribution is -2.41. The number of hydrogen-bond acceptors (Lipinski definition) is 7. The van der Waals surface area contributed by atoms with Gasteiger partial charge in [0.2, 0.25) is 5.89 Å². The van der Waals surface area contributed by atoms with E-state index in [2.05, 4.69) is 25.1 Å². The van der Waals surface area contributed by atoms with Gasteiger partial charge in [0.05, 0.1) is 17.6 Å². The van der Waals surface area contributed by atoms with E-state index in [0.717, 1.165) is 33.6 Å². The molecular weight excluding hydrogens is 420 g/mol. The summed E-state index contributed by atoms with van der Waals surface area (Å²) in [5.41, 5.74) is 4.94. The molecular formula is C24H20N6O3. The zero-order chi connectivity index (χ0) is 22.5. The van der Waals surface area contributed by atoms with Crippen LogP contribution in [0.15, 0.2) is 57.8 Å². The molecule has 1 N–H and O–H groups in total. The largest absolute Gasteiger partial charge is 0.458 e. The molecule has 0 bridgehead atoms. The smallest absolute Gasteiger partial charge is 0.312 e. The van der Waals surface area contributed by atoms with Gasteiger partial charge in [-0.1, -0.05) is 18.2 Å². The number of rotatable bonds is 3. The minimum absolute atomic E-state index is 0.0778. The Morgan fingerprint density at radius 3 is 2.82 bits per heavy atom. The number of amides is 1. The number of aryl methyl sites for hydroxylation is 2. The van der Waals surface area contributed by atoms with Gasteiger partial charge in [-0.05, 0) is 32.0 Å². The topological polar surface area (TPSA) is 114 Å². The average molecular weight is 440 g/mol. The van der Waals surface area contributed by atoms with Gasteiger partial charge in [0.15, 0.2) is 0 Å². The van der Waals surface area contributed by atoms with Crippen molar-refractivity contribution in [3.8, 4) is 11.5 Å². The maximum absolute atomic E-state index is 13.6. The van der Waals surface area contributed by atoms with E-state index in [9.17, 15) is 4.79 Å². The normalized spacial score (nSPS) is 15.7. The van der Waals surface area contributed by atoms with Crippen LogP contribution in [-0.2, 0) is 6.42 Å². The quantitative estimate of drug-likeness (QED) is 0.451. The zero-order valence-corrected chi connectivity index (χ0v) is 18.1. The zero-order valence-electron chi connectivity index (χ0n) is 18.1. The standard InChI is InChI=1S/C24H20N6O3/c1-13-15-6-3-4-8-18(15)32-21(13)20-19-17(26-12-27-19)9-11-30(20)24(31)23-29-28-22(33-23)16-7-5-10-25-14(16)2/h3-8,10,12,20H,9,11H2,1-2H3,(H,26,27)/t20-/m1/s1. The molecule has 33 heavy (non-hydrogen) atoms. The van der Waals surface area contributed by atoms with Gasteiger partial charge < -0.3 is 18.7 Å². The van der Waals surface area contributed by atoms with Gasteiger partial charge in [-0.3, -0.25) is 9.78 Å². The molecule has 0 unspecified atom stereocenters. The third-order valence-corrected chi connectivity index (χ3v) is 6.16. The second kappa shape index (κ2) is 7.40. The number of fused-ring (bicyclic) bond motifs is 2. The molecule has 0 aliphatic carbocycles. The summed E-state index contributed by atoms with van der Waals surface area (Å²) in [4.78, 5) is 27.3. The van der Waals surface area contributed by atoms with Gasteiger partial charge in [0.1, 0.15) is 17.4 Å². The lowest BCUT2D eigenvalue weighted by Gasteiger charge is -2.33. The highest BCUT2D eigenvalue weighted by Crippen LogP contribution is 2.39. The van der Waals surface area contributed by atoms with Crippen molar-refractivity contribution >= 4 is 16.9 Å². The number of carbonyl (C=O) groups is 1. The molecule has 9 heteroatoms. The van der Waals surface area contributed by atoms with Crippen molar-refractivity contribution in [2.75, 3.05) is 6.54 Å². The number of furan rings is 1. The summed E-state index contributed by atoms with van der Waals surface area (Å²) in [5.74, 6) is 0.498. The number of nitrogens with one attached hydrogen (secondary N) is 1. The van der Waals surface area contributed by atoms with Crippen molar-refractivity contribution in [1.29, 1.82) is 0 Å². The lowest BCUT2D eigenvalue weighted by molar-refractivity contribution is 0.0632. The Morgan fingerprint density at radius 2 is 1.97 bits per heavy atom. The Balaban J connectivity index is 1.43. The summed E-state index contributed by atoms with van der Waals surface area (Å²) in [6, 6.07) is 11.0. The van der Waals surface area contributed by atoms with E-state index in [1.165, 1.54) is 0 Å². The summed E-state index contributed by atoms with van der Waals surface area (Å²) < 4.78 is 12.0. The molecule has 1 amide bonds. The van der Waals surface area contributed by atoms with Gasteiger partial charge in [-0.15, -0.1) is 10.2 Å². The van der Waals surface area contributed by atoms with Crippen LogP contribution in [0, 0.1) is 13.8 Å². The minimum atomic E-state index is -0.504. The molecule has 0 spiro atoms. The highest BCUT2D eigenvalue weighted by atomic mass is 16.4. The molecule has 0 saturated heterocycles. The van der Waals surface area contributed by atoms with Crippen molar-refractivity contribution in [2.24, 2.45) is 0 Å². The molecule has 0 fully saturated rings. The monoisotopic (exact) mass is 440 g/mol. The van der Waals surface area contributed by atoms with Crippen LogP contribution < -0.4 is 0 Å². The van der Waals surface area contributed by atoms with Crippen LogP contribution in [0.1, 0.15) is 45.1 Å². The molecule has 164 valence electrons. The highest BCUT2D eigenvalue weighted by Gasteiger charge is 2.39. The minimum Gasteiger partial charge on any atom is -0.458 e. The Kier molecular flexibility index (Phi) is 4.36. The van der Waals surface area contributed by atoms with E-state index in [1.54, 1.807) is 23.5 Å². The van der Waals surface area contributed by atoms with Crippen molar-refractivity contribution in [2.45, 2.75) is 26.3 Å². The second-order valence-corrected chi connectivity index (χ2v) is 8.05. The number of pyridine rings is 1. The number of imidazole rings is 1. The Hall–Kier alpha value is -4.27. The molecule has 0 radical (unpaired) electrons. The van der Waals surface area contributed by atoms with Gasteiger partial charge in [0.25, 0.3) is 0 Å². The SMILES string of the molecule is Cc1ncccc1-c1nnc(C(=O)N2CCc3[nH]cnc3[C@@H]2c2oc3ccccc3c2C)o1. The lowest BCUT2D eigenvalue weighted by atomic mass is 9.97. The molecule has 5 heterocycles. The number of carbonyl (C=O) groups excluding carboxylic acids is 1. The molecule has 9 nitrogen and oxygen atoms in total. The third kappa shape index (κ3) is 3.04. The number of hydrogen-bond donors (Lipinski definition) is 1. The fourth-order valence-electron chi connectivity index (χ4n) is 4.47. The van der Waals surface area contributed by atoms with E-state index in [-0.39, 0.29) is 17.7 Å². The van der Waals surface area contributed by atoms with E-state index in [4.69, 9.17) is 8.83 Å². The Bertz CT molecular complexity index is 1500. The van der Waals surface area contributed by atoms with E-state index in [1.807, 2.05) is 44.2 Å². The molecule has 1 aromatic carbocycles. The predicted molar refractivity (Wildman–Crippen MR) is 118 cm³/mol. The first-order valence-electron chi connectivity index (χ1n) is 10.7. The number of para-hydroxylation sites is 1. The van der Waals surface area contributed by atoms with Crippen LogP contribution in [0.25, 0.3) is 22.4 Å². The molecule has 1 aliphatic rings. The van der Waals surface area contributed by atoms with Gasteiger partial charge in [-0.2, -0.15) is 0 Å². The number of benzene rings is 1. The van der Waals surface area contributed by atoms with Gasteiger partial charge in [-0.25, -0.2) is 4.98 Å². The van der Waals surface area contributed by atoms with Crippen LogP contribution in [0.4, 0.5) is 0 Å². The van der Waals surface area contributed by atoms with E-state index >= 15 is 0 Å². The summed E-state index contributed by atoms with van der Waals surface area (Å²) in [7, 11) is 0. The summed E-state index contributed by atoms with van der Waals surface area (Å²) in [6.45, 7) is 4.31. The molecule has 4 aromatic heterocycles. The maximum Gasteiger partial charge on any atom is 0.312 e. The van der Waals surface area contributed by atoms with Crippen molar-refractivity contribution in [1.82, 2.24) is 30.0 Å². The van der Waals surface area contributed by atoms with Gasteiger partial charge >= 0.3 is 11.8 Å². The molecule has 5 aromatic rings. The van der Waals surface area contributed by atoms with Crippen molar-refractivity contribution in [3.63, 3.8) is 0 Å². The first kappa shape index (κ1) is 19.4. The summed E-state index contributed by atoms with van der Waals surface area (Å²) in [6.07, 6.45) is 3.98. The first-order chi connectivity index (χ1) is 16.1. The third-order valence-electron chi connectivity index (χ3n) is 6.16. The van der Waals surface area contributed by atoms with Crippen LogP contribution in [0.5, 0.6) is 0 Å². The van der Waals surface area contributed by atoms with Crippen LogP contribution in [-0.4, -0.2) is 42.5 Å². The van der Waals surface area contributed by atoms with E-state index in [0.29, 0.717) is 24.3 Å². The second-order valence-electron chi connectivity index (χ2n) is 8.05. The number of H-pyrrole nitrogens is 1. The fraction of sp³-hybridized carbons (Fsp3) is 0.208. The first-order valence-corrected chi connectivity index (χ1v) is 10.7. The Morgan fingerprint density at radius 1 is 1.09 bits per heavy atom. The summed E-state index contributed by atoms with van der Waals surface area (Å²) >= 11 is 0. The highest BCUT2D eigenvalue weighted by molar-refractivity contribution is 5.91. The molecule has 1 aliphatic heterocycles. The van der Waals surface area contributed by atoms with Crippen LogP contribution in [0.2, 0.25) is 0 Å². The number of aromatic nitrogens is 5. The number of aromatic amines is 1. The van der Waals surface area contributed by atoms with Gasteiger partial charge in [0, 0.05) is 41.5 Å². The van der Waals surface area contributed by atoms with Crippen LogP contribution in [0.3, 0.4) is 0 Å². The van der Waals surface area contributed by atoms with Crippen LogP contribution >= 0.6 is 0 Å². The molecule has 6 rings (SSSR count). The maximum atomic E-state index is 13.6. The van der Waals surface area contributed by atoms with Crippen molar-refractivity contribution in [3.05, 3.63) is 83.2 Å².